The second-order valence-corrected chi connectivity index (χ2v) is 11.4. The highest BCUT2D eigenvalue weighted by Crippen LogP contribution is 2.49. The molecule has 1 fully saturated rings. The number of benzene rings is 1. The summed E-state index contributed by atoms with van der Waals surface area (Å²) >= 11 is 4.36. The summed E-state index contributed by atoms with van der Waals surface area (Å²) in [6, 6.07) is 5.56. The number of aliphatic imine (C=N–C) groups is 2. The third-order valence-corrected chi connectivity index (χ3v) is 7.81. The molecule has 2 aliphatic rings. The maximum absolute atomic E-state index is 14.9. The topological polar surface area (TPSA) is 104 Å². The highest BCUT2D eigenvalue weighted by atomic mass is 79.9. The van der Waals surface area contributed by atoms with E-state index in [0.717, 1.165) is 4.47 Å². The number of carbonyl (C=O) groups excluding carboxylic acids is 1. The quantitative estimate of drug-likeness (QED) is 0.207. The van der Waals surface area contributed by atoms with E-state index in [1.165, 1.54) is 42.6 Å². The fourth-order valence-corrected chi connectivity index (χ4v) is 5.23. The molecule has 2 heterocycles. The summed E-state index contributed by atoms with van der Waals surface area (Å²) in [5, 5.41) is 14.3. The molecule has 0 radical (unpaired) electrons. The number of ether oxygens (including phenoxy) is 1. The number of esters is 1. The summed E-state index contributed by atoms with van der Waals surface area (Å²) in [4.78, 5) is 33.7. The highest BCUT2D eigenvalue weighted by molar-refractivity contribution is 9.10. The molecule has 0 saturated carbocycles. The molecule has 0 bridgehead atoms. The zero-order valence-electron chi connectivity index (χ0n) is 22.8. The lowest BCUT2D eigenvalue weighted by atomic mass is 9.80. The van der Waals surface area contributed by atoms with Crippen molar-refractivity contribution >= 4 is 50.5 Å². The number of carboxylic acid groups (broad SMARTS) is 1. The molecule has 0 unspecified atom stereocenters. The van der Waals surface area contributed by atoms with Crippen LogP contribution >= 0.6 is 27.7 Å². The number of halogens is 4. The maximum Gasteiger partial charge on any atom is 0.337 e. The van der Waals surface area contributed by atoms with E-state index in [-0.39, 0.29) is 43.9 Å². The van der Waals surface area contributed by atoms with Crippen LogP contribution < -0.4 is 5.32 Å². The van der Waals surface area contributed by atoms with E-state index < -0.39 is 35.9 Å². The standard InChI is InChI=1S/C21H30F2N4O4S.C6H4BrF/c1-6-31-19(30)13-10-25-17(18(24-5)32-7-2)26-14(13)11-27-12-21(22,23)20(3,4)15(27)8-9-16(28)29;7-5-2-1-3-6(8)4-5/h7,15H,2,6,8-12H2,1,3-5H3,(H,25,26)(H,28,29);1-4H/t15-;/m0./s1. The summed E-state index contributed by atoms with van der Waals surface area (Å²) in [7, 11) is 1.59. The number of hydrogen-bond donors (Lipinski definition) is 2. The molecule has 1 saturated heterocycles. The summed E-state index contributed by atoms with van der Waals surface area (Å²) in [6.45, 7) is 7.86. The van der Waals surface area contributed by atoms with Gasteiger partial charge in [0.1, 0.15) is 10.9 Å². The Morgan fingerprint density at radius 2 is 2.10 bits per heavy atom. The molecule has 3 rings (SSSR count). The number of rotatable bonds is 9. The molecule has 13 heteroatoms. The first-order valence-electron chi connectivity index (χ1n) is 12.5. The maximum atomic E-state index is 14.9. The Morgan fingerprint density at radius 3 is 2.62 bits per heavy atom. The van der Waals surface area contributed by atoms with Gasteiger partial charge in [0.2, 0.25) is 0 Å². The van der Waals surface area contributed by atoms with Crippen molar-refractivity contribution in [1.29, 1.82) is 0 Å². The summed E-state index contributed by atoms with van der Waals surface area (Å²) in [6.07, 6.45) is -0.165. The average molecular weight is 648 g/mol. The van der Waals surface area contributed by atoms with Crippen LogP contribution in [0, 0.1) is 11.2 Å². The first-order valence-corrected chi connectivity index (χ1v) is 14.1. The molecule has 2 N–H and O–H groups in total. The van der Waals surface area contributed by atoms with Gasteiger partial charge in [0.25, 0.3) is 5.92 Å². The van der Waals surface area contributed by atoms with Crippen molar-refractivity contribution in [2.24, 2.45) is 15.4 Å². The number of likely N-dealkylation sites (tertiary alicyclic amines) is 1. The van der Waals surface area contributed by atoms with Gasteiger partial charge < -0.3 is 15.2 Å². The predicted molar refractivity (Wildman–Crippen MR) is 155 cm³/mol. The van der Waals surface area contributed by atoms with E-state index in [9.17, 15) is 22.8 Å². The van der Waals surface area contributed by atoms with E-state index in [1.807, 2.05) is 0 Å². The van der Waals surface area contributed by atoms with Gasteiger partial charge in [-0.3, -0.25) is 19.7 Å². The molecule has 0 aliphatic carbocycles. The third-order valence-electron chi connectivity index (χ3n) is 6.55. The summed E-state index contributed by atoms with van der Waals surface area (Å²) in [5.41, 5.74) is -0.791. The number of amidine groups is 1. The molecular weight excluding hydrogens is 613 g/mol. The SMILES string of the molecule is C=CSC(=NC)C1=NCC(C(=O)OCC)=C(CN2CC(F)(F)C(C)(C)[C@@H]2CCC(=O)O)N1.Fc1cccc(Br)c1. The molecule has 8 nitrogen and oxygen atoms in total. The van der Waals surface area contributed by atoms with Gasteiger partial charge in [0.15, 0.2) is 5.84 Å². The molecule has 1 atom stereocenters. The summed E-state index contributed by atoms with van der Waals surface area (Å²) in [5.74, 6) is -4.44. The lowest BCUT2D eigenvalue weighted by Gasteiger charge is -2.34. The largest absolute Gasteiger partial charge is 0.481 e. The third kappa shape index (κ3) is 8.68. The molecule has 40 heavy (non-hydrogen) atoms. The number of nitrogens with zero attached hydrogens (tertiary/aromatic N) is 3. The monoisotopic (exact) mass is 646 g/mol. The zero-order valence-corrected chi connectivity index (χ0v) is 25.3. The fraction of sp³-hybridized carbons (Fsp3) is 0.481. The van der Waals surface area contributed by atoms with Crippen molar-refractivity contribution in [2.45, 2.75) is 45.6 Å². The van der Waals surface area contributed by atoms with Gasteiger partial charge in [-0.05, 0) is 37.0 Å². The molecule has 2 aliphatic heterocycles. The van der Waals surface area contributed by atoms with Crippen LogP contribution in [0.4, 0.5) is 13.2 Å². The van der Waals surface area contributed by atoms with Crippen LogP contribution in [0.15, 0.2) is 62.0 Å². The molecule has 0 amide bonds. The number of nitrogens with one attached hydrogen (secondary N) is 1. The van der Waals surface area contributed by atoms with Crippen LogP contribution in [-0.2, 0) is 14.3 Å². The van der Waals surface area contributed by atoms with Crippen molar-refractivity contribution in [3.05, 3.63) is 57.8 Å². The Kier molecular flexibility index (Phi) is 12.4. The van der Waals surface area contributed by atoms with Crippen molar-refractivity contribution in [3.8, 4) is 0 Å². The molecular formula is C27H34BrF3N4O4S. The molecule has 0 spiro atoms. The van der Waals surface area contributed by atoms with Gasteiger partial charge in [0, 0.05) is 41.6 Å². The average Bonchev–Trinajstić information content (AvgIpc) is 3.04. The number of aliphatic carboxylic acids is 1. The van der Waals surface area contributed by atoms with Gasteiger partial charge in [-0.25, -0.2) is 18.0 Å². The van der Waals surface area contributed by atoms with Crippen LogP contribution in [0.25, 0.3) is 0 Å². The van der Waals surface area contributed by atoms with Crippen LogP contribution in [0.5, 0.6) is 0 Å². The molecule has 1 aromatic carbocycles. The first kappa shape index (κ1) is 33.6. The Morgan fingerprint density at radius 1 is 1.40 bits per heavy atom. The van der Waals surface area contributed by atoms with Crippen LogP contribution in [0.1, 0.15) is 33.6 Å². The number of carboxylic acids is 1. The van der Waals surface area contributed by atoms with Crippen molar-refractivity contribution in [2.75, 3.05) is 33.3 Å². The number of thioether (sulfide) groups is 1. The Bertz CT molecular complexity index is 1170. The van der Waals surface area contributed by atoms with Crippen LogP contribution in [-0.4, -0.2) is 78.1 Å². The molecule has 220 valence electrons. The van der Waals surface area contributed by atoms with Gasteiger partial charge in [-0.1, -0.05) is 54.2 Å². The minimum atomic E-state index is -3.03. The highest BCUT2D eigenvalue weighted by Gasteiger charge is 2.60. The number of carbonyl (C=O) groups is 2. The molecule has 1 aromatic rings. The predicted octanol–water partition coefficient (Wildman–Crippen LogP) is 5.51. The Hall–Kier alpha value is -2.64. The number of hydrogen-bond acceptors (Lipinski definition) is 8. The van der Waals surface area contributed by atoms with E-state index in [2.05, 4.69) is 37.8 Å². The van der Waals surface area contributed by atoms with Crippen LogP contribution in [0.3, 0.4) is 0 Å². The van der Waals surface area contributed by atoms with Gasteiger partial charge in [-0.15, -0.1) is 0 Å². The van der Waals surface area contributed by atoms with E-state index in [4.69, 9.17) is 9.84 Å². The first-order chi connectivity index (χ1) is 18.8. The second-order valence-electron chi connectivity index (χ2n) is 9.50. The number of alkyl halides is 2. The van der Waals surface area contributed by atoms with Gasteiger partial charge >= 0.3 is 11.9 Å². The minimum Gasteiger partial charge on any atom is -0.481 e. The van der Waals surface area contributed by atoms with E-state index >= 15 is 0 Å². The van der Waals surface area contributed by atoms with Crippen molar-refractivity contribution in [1.82, 2.24) is 10.2 Å². The van der Waals surface area contributed by atoms with Gasteiger partial charge in [-0.2, -0.15) is 0 Å². The second kappa shape index (κ2) is 14.8. The lowest BCUT2D eigenvalue weighted by Crippen LogP contribution is -2.44. The van der Waals surface area contributed by atoms with E-state index in [1.54, 1.807) is 31.5 Å². The zero-order chi connectivity index (χ0) is 30.1. The molecule has 0 aromatic heterocycles. The minimum absolute atomic E-state index is 0.00771. The van der Waals surface area contributed by atoms with Gasteiger partial charge in [0.05, 0.1) is 25.3 Å². The Labute approximate surface area is 245 Å². The fourth-order valence-electron chi connectivity index (χ4n) is 4.37. The van der Waals surface area contributed by atoms with Crippen LogP contribution in [0.2, 0.25) is 0 Å². The van der Waals surface area contributed by atoms with Crippen molar-refractivity contribution in [3.63, 3.8) is 0 Å². The van der Waals surface area contributed by atoms with Crippen molar-refractivity contribution < 1.29 is 32.6 Å². The smallest absolute Gasteiger partial charge is 0.337 e. The Balaban J connectivity index is 0.000000598. The lowest BCUT2D eigenvalue weighted by molar-refractivity contribution is -0.139. The summed E-state index contributed by atoms with van der Waals surface area (Å²) < 4.78 is 47.8. The normalized spacial score (nSPS) is 20.1. The van der Waals surface area contributed by atoms with E-state index in [0.29, 0.717) is 16.6 Å².